The Morgan fingerprint density at radius 3 is 1.24 bits per heavy atom. The number of aliphatic hydroxyl groups is 8. The van der Waals surface area contributed by atoms with E-state index in [0.29, 0.717) is 0 Å². The smallest absolute Gasteiger partial charge is 0.189 e. The molecule has 2 aliphatic heterocycles. The van der Waals surface area contributed by atoms with E-state index in [1.165, 1.54) is 0 Å². The Bertz CT molecular complexity index is 374. The maximum Gasteiger partial charge on any atom is 0.189 e. The first-order chi connectivity index (χ1) is 11.8. The molecule has 0 aromatic carbocycles. The van der Waals surface area contributed by atoms with Crippen LogP contribution >= 0.6 is 0 Å². The Hall–Kier alpha value is -0.440. The summed E-state index contributed by atoms with van der Waals surface area (Å²) in [4.78, 5) is 0. The number of rotatable bonds is 6. The second-order valence-corrected chi connectivity index (χ2v) is 6.19. The predicted octanol–water partition coefficient (Wildman–Crippen LogP) is -4.62. The molecule has 0 amide bonds. The molecule has 25 heavy (non-hydrogen) atoms. The lowest BCUT2D eigenvalue weighted by Gasteiger charge is -2.45. The molecule has 0 aliphatic carbocycles. The van der Waals surface area contributed by atoms with Crippen LogP contribution < -0.4 is 0 Å². The summed E-state index contributed by atoms with van der Waals surface area (Å²) < 4.78 is 15.9. The highest BCUT2D eigenvalue weighted by Gasteiger charge is 2.49. The minimum Gasteiger partial charge on any atom is -0.396 e. The molecule has 2 aliphatic rings. The van der Waals surface area contributed by atoms with Gasteiger partial charge < -0.3 is 55.1 Å². The van der Waals surface area contributed by atoms with Gasteiger partial charge in [-0.05, 0) is 12.8 Å². The lowest BCUT2D eigenvalue weighted by atomic mass is 9.96. The quantitative estimate of drug-likeness (QED) is 0.224. The third kappa shape index (κ3) is 4.46. The summed E-state index contributed by atoms with van der Waals surface area (Å²) in [7, 11) is 0. The van der Waals surface area contributed by atoms with Crippen LogP contribution in [0.2, 0.25) is 0 Å². The first kappa shape index (κ1) is 20.9. The Labute approximate surface area is 143 Å². The highest BCUT2D eigenvalue weighted by atomic mass is 16.8. The monoisotopic (exact) mass is 370 g/mol. The van der Waals surface area contributed by atoms with Gasteiger partial charge in [-0.25, -0.2) is 0 Å². The lowest BCUT2D eigenvalue weighted by molar-refractivity contribution is -0.374. The minimum atomic E-state index is -1.68. The van der Waals surface area contributed by atoms with Gasteiger partial charge in [0.05, 0.1) is 12.2 Å². The molecule has 0 unspecified atom stereocenters. The van der Waals surface area contributed by atoms with Crippen molar-refractivity contribution in [1.29, 1.82) is 0 Å². The van der Waals surface area contributed by atoms with Crippen LogP contribution in [0, 0.1) is 0 Å². The SMILES string of the molecule is OCC[C@H]1O[C@H](O[C@H]2O[C@H](CCO)[C@@H](O)[C@H](O)[C@H]2O)[C@H](O)[C@@H](O)[C@@H]1O. The van der Waals surface area contributed by atoms with E-state index in [1.54, 1.807) is 0 Å². The maximum atomic E-state index is 9.99. The van der Waals surface area contributed by atoms with E-state index in [4.69, 9.17) is 24.4 Å². The van der Waals surface area contributed by atoms with Gasteiger partial charge in [-0.2, -0.15) is 0 Å². The molecule has 0 aromatic rings. The van der Waals surface area contributed by atoms with Crippen LogP contribution in [0.4, 0.5) is 0 Å². The summed E-state index contributed by atoms with van der Waals surface area (Å²) in [5.41, 5.74) is 0. The van der Waals surface area contributed by atoms with Crippen molar-refractivity contribution >= 4 is 0 Å². The topological polar surface area (TPSA) is 190 Å². The van der Waals surface area contributed by atoms with Crippen LogP contribution in [0.25, 0.3) is 0 Å². The van der Waals surface area contributed by atoms with Crippen LogP contribution in [-0.2, 0) is 14.2 Å². The second kappa shape index (κ2) is 8.97. The van der Waals surface area contributed by atoms with Crippen LogP contribution in [0.1, 0.15) is 12.8 Å². The van der Waals surface area contributed by atoms with Crippen LogP contribution in [0.5, 0.6) is 0 Å². The van der Waals surface area contributed by atoms with Gasteiger partial charge >= 0.3 is 0 Å². The van der Waals surface area contributed by atoms with E-state index < -0.39 is 61.4 Å². The highest BCUT2D eigenvalue weighted by molar-refractivity contribution is 4.92. The first-order valence-electron chi connectivity index (χ1n) is 8.08. The van der Waals surface area contributed by atoms with Crippen LogP contribution in [0.15, 0.2) is 0 Å². The molecule has 11 nitrogen and oxygen atoms in total. The third-order valence-corrected chi connectivity index (χ3v) is 4.43. The van der Waals surface area contributed by atoms with Crippen molar-refractivity contribution in [1.82, 2.24) is 0 Å². The Balaban J connectivity index is 2.07. The van der Waals surface area contributed by atoms with Gasteiger partial charge in [-0.1, -0.05) is 0 Å². The summed E-state index contributed by atoms with van der Waals surface area (Å²) in [6.07, 6.45) is -14.7. The van der Waals surface area contributed by atoms with E-state index in [9.17, 15) is 30.6 Å². The molecule has 10 atom stereocenters. The maximum absolute atomic E-state index is 9.99. The van der Waals surface area contributed by atoms with E-state index in [2.05, 4.69) is 0 Å². The van der Waals surface area contributed by atoms with E-state index in [1.807, 2.05) is 0 Å². The second-order valence-electron chi connectivity index (χ2n) is 6.19. The third-order valence-electron chi connectivity index (χ3n) is 4.43. The first-order valence-corrected chi connectivity index (χ1v) is 8.08. The molecule has 11 heteroatoms. The molecular formula is C14H26O11. The Morgan fingerprint density at radius 2 is 0.920 bits per heavy atom. The van der Waals surface area contributed by atoms with Crippen molar-refractivity contribution in [3.8, 4) is 0 Å². The molecule has 0 bridgehead atoms. The zero-order valence-corrected chi connectivity index (χ0v) is 13.4. The molecule has 2 fully saturated rings. The fourth-order valence-electron chi connectivity index (χ4n) is 2.92. The molecule has 148 valence electrons. The zero-order valence-electron chi connectivity index (χ0n) is 13.4. The molecule has 0 radical (unpaired) electrons. The van der Waals surface area contributed by atoms with Crippen molar-refractivity contribution in [2.45, 2.75) is 74.3 Å². The average molecular weight is 370 g/mol. The van der Waals surface area contributed by atoms with Crippen molar-refractivity contribution in [3.05, 3.63) is 0 Å². The van der Waals surface area contributed by atoms with Crippen molar-refractivity contribution in [2.75, 3.05) is 13.2 Å². The van der Waals surface area contributed by atoms with Crippen molar-refractivity contribution < 1.29 is 55.1 Å². The summed E-state index contributed by atoms with van der Waals surface area (Å²) >= 11 is 0. The highest BCUT2D eigenvalue weighted by Crippen LogP contribution is 2.29. The van der Waals surface area contributed by atoms with Crippen molar-refractivity contribution in [3.63, 3.8) is 0 Å². The largest absolute Gasteiger partial charge is 0.396 e. The molecule has 8 N–H and O–H groups in total. The molecular weight excluding hydrogens is 344 g/mol. The summed E-state index contributed by atoms with van der Waals surface area (Å²) in [5, 5.41) is 77.3. The molecule has 0 aromatic heterocycles. The number of hydrogen-bond donors (Lipinski definition) is 8. The van der Waals surface area contributed by atoms with Gasteiger partial charge in [0, 0.05) is 13.2 Å². The van der Waals surface area contributed by atoms with E-state index in [0.717, 1.165) is 0 Å². The predicted molar refractivity (Wildman–Crippen MR) is 77.9 cm³/mol. The average Bonchev–Trinajstić information content (AvgIpc) is 2.59. The van der Waals surface area contributed by atoms with Gasteiger partial charge in [-0.3, -0.25) is 0 Å². The zero-order chi connectivity index (χ0) is 18.7. The van der Waals surface area contributed by atoms with Gasteiger partial charge in [0.25, 0.3) is 0 Å². The van der Waals surface area contributed by atoms with Gasteiger partial charge in [0.15, 0.2) is 12.6 Å². The molecule has 2 heterocycles. The van der Waals surface area contributed by atoms with Gasteiger partial charge in [0.1, 0.15) is 36.6 Å². The van der Waals surface area contributed by atoms with Gasteiger partial charge in [0.2, 0.25) is 0 Å². The minimum absolute atomic E-state index is 0.0344. The van der Waals surface area contributed by atoms with Gasteiger partial charge in [-0.15, -0.1) is 0 Å². The number of aliphatic hydroxyl groups excluding tert-OH is 8. The summed E-state index contributed by atoms with van der Waals surface area (Å²) in [6, 6.07) is 0. The molecule has 2 saturated heterocycles. The van der Waals surface area contributed by atoms with Crippen LogP contribution in [-0.4, -0.2) is 115 Å². The fourth-order valence-corrected chi connectivity index (χ4v) is 2.92. The Morgan fingerprint density at radius 1 is 0.560 bits per heavy atom. The Kier molecular flexibility index (Phi) is 7.49. The molecule has 2 rings (SSSR count). The van der Waals surface area contributed by atoms with Crippen LogP contribution in [0.3, 0.4) is 0 Å². The van der Waals surface area contributed by atoms with E-state index >= 15 is 0 Å². The fraction of sp³-hybridized carbons (Fsp3) is 1.00. The lowest BCUT2D eigenvalue weighted by Crippen LogP contribution is -2.63. The molecule has 0 saturated carbocycles. The normalized spacial score (nSPS) is 48.5. The number of hydrogen-bond acceptors (Lipinski definition) is 11. The van der Waals surface area contributed by atoms with E-state index in [-0.39, 0.29) is 26.1 Å². The number of ether oxygens (including phenoxy) is 3. The standard InChI is InChI=1S/C14H26O11/c15-3-1-5-7(17)9(19)11(21)13(23-5)25-14-12(22)10(20)8(18)6(24-14)2-4-16/h5-22H,1-4H2/t5-,6-,7-,8-,9+,10+,11-,12-,13-,14-/m1/s1. The molecule has 0 spiro atoms. The van der Waals surface area contributed by atoms with Crippen molar-refractivity contribution in [2.24, 2.45) is 0 Å². The summed E-state index contributed by atoms with van der Waals surface area (Å²) in [5.74, 6) is 0. The summed E-state index contributed by atoms with van der Waals surface area (Å²) in [6.45, 7) is -0.688.